The molecule has 2 aliphatic heterocycles. The van der Waals surface area contributed by atoms with E-state index in [0.29, 0.717) is 32.1 Å². The summed E-state index contributed by atoms with van der Waals surface area (Å²) in [6, 6.07) is 6.32. The van der Waals surface area contributed by atoms with Gasteiger partial charge in [-0.25, -0.2) is 9.37 Å². The number of halogens is 2. The lowest BCUT2D eigenvalue weighted by Gasteiger charge is -2.35. The third-order valence-electron chi connectivity index (χ3n) is 5.29. The van der Waals surface area contributed by atoms with Gasteiger partial charge in [-0.2, -0.15) is 4.98 Å². The first kappa shape index (κ1) is 18.9. The standard InChI is InChI=1S/C20H23ClFN5O/c1-14-13-17(25-7-2-3-8-25)24-20(23-14)27-11-9-26(10-12-27)19(28)18-15(21)5-4-6-16(18)22/h4-6,13H,2-3,7-12H2,1H3. The lowest BCUT2D eigenvalue weighted by atomic mass is 10.1. The van der Waals surface area contributed by atoms with Crippen molar-refractivity contribution in [3.63, 3.8) is 0 Å². The van der Waals surface area contributed by atoms with Crippen LogP contribution in [-0.2, 0) is 0 Å². The Morgan fingerprint density at radius 3 is 2.43 bits per heavy atom. The van der Waals surface area contributed by atoms with E-state index in [-0.39, 0.29) is 16.5 Å². The Bertz CT molecular complexity index is 859. The molecular formula is C20H23ClFN5O. The van der Waals surface area contributed by atoms with Crippen molar-refractivity contribution in [3.05, 3.63) is 46.4 Å². The zero-order chi connectivity index (χ0) is 19.7. The van der Waals surface area contributed by atoms with E-state index in [1.54, 1.807) is 4.90 Å². The molecule has 4 rings (SSSR count). The van der Waals surface area contributed by atoms with Gasteiger partial charge in [-0.15, -0.1) is 0 Å². The maximum absolute atomic E-state index is 14.1. The van der Waals surface area contributed by atoms with Crippen molar-refractivity contribution >= 4 is 29.3 Å². The van der Waals surface area contributed by atoms with Crippen LogP contribution in [-0.4, -0.2) is 60.0 Å². The summed E-state index contributed by atoms with van der Waals surface area (Å²) >= 11 is 6.04. The molecule has 0 radical (unpaired) electrons. The highest BCUT2D eigenvalue weighted by atomic mass is 35.5. The van der Waals surface area contributed by atoms with Crippen LogP contribution in [0.5, 0.6) is 0 Å². The highest BCUT2D eigenvalue weighted by Gasteiger charge is 2.27. The summed E-state index contributed by atoms with van der Waals surface area (Å²) in [4.78, 5) is 28.1. The van der Waals surface area contributed by atoms with Crippen molar-refractivity contribution in [1.82, 2.24) is 14.9 Å². The predicted molar refractivity (Wildman–Crippen MR) is 108 cm³/mol. The van der Waals surface area contributed by atoms with Crippen LogP contribution in [0.1, 0.15) is 28.9 Å². The first-order valence-corrected chi connectivity index (χ1v) is 9.99. The third kappa shape index (κ3) is 3.76. The highest BCUT2D eigenvalue weighted by Crippen LogP contribution is 2.24. The monoisotopic (exact) mass is 403 g/mol. The van der Waals surface area contributed by atoms with Gasteiger partial charge in [0.25, 0.3) is 5.91 Å². The molecule has 6 nitrogen and oxygen atoms in total. The lowest BCUT2D eigenvalue weighted by molar-refractivity contribution is 0.0741. The summed E-state index contributed by atoms with van der Waals surface area (Å²) in [5, 5.41) is 0.143. The molecular weight excluding hydrogens is 381 g/mol. The molecule has 0 N–H and O–H groups in total. The molecule has 0 saturated carbocycles. The van der Waals surface area contributed by atoms with E-state index < -0.39 is 5.82 Å². The number of benzene rings is 1. The Kier molecular flexibility index (Phi) is 5.35. The molecule has 8 heteroatoms. The van der Waals surface area contributed by atoms with E-state index in [1.165, 1.54) is 31.0 Å². The van der Waals surface area contributed by atoms with Gasteiger partial charge in [0.05, 0.1) is 10.6 Å². The number of hydrogen-bond donors (Lipinski definition) is 0. The van der Waals surface area contributed by atoms with Crippen molar-refractivity contribution in [2.24, 2.45) is 0 Å². The minimum Gasteiger partial charge on any atom is -0.356 e. The highest BCUT2D eigenvalue weighted by molar-refractivity contribution is 6.33. The van der Waals surface area contributed by atoms with E-state index in [9.17, 15) is 9.18 Å². The smallest absolute Gasteiger partial charge is 0.258 e. The number of hydrogen-bond acceptors (Lipinski definition) is 5. The van der Waals surface area contributed by atoms with Crippen molar-refractivity contribution in [2.45, 2.75) is 19.8 Å². The first-order valence-electron chi connectivity index (χ1n) is 9.62. The van der Waals surface area contributed by atoms with Gasteiger partial charge in [-0.1, -0.05) is 17.7 Å². The van der Waals surface area contributed by atoms with Crippen LogP contribution in [0.25, 0.3) is 0 Å². The molecule has 0 aliphatic carbocycles. The normalized spacial score (nSPS) is 17.3. The minimum absolute atomic E-state index is 0.0549. The molecule has 3 heterocycles. The number of carbonyl (C=O) groups excluding carboxylic acids is 1. The molecule has 2 saturated heterocycles. The minimum atomic E-state index is -0.586. The molecule has 148 valence electrons. The maximum atomic E-state index is 14.1. The van der Waals surface area contributed by atoms with E-state index in [0.717, 1.165) is 24.6 Å². The van der Waals surface area contributed by atoms with Gasteiger partial charge in [-0.05, 0) is 31.9 Å². The topological polar surface area (TPSA) is 52.6 Å². The predicted octanol–water partition coefficient (Wildman–Crippen LogP) is 3.14. The van der Waals surface area contributed by atoms with Gasteiger partial charge in [0.2, 0.25) is 5.95 Å². The fraction of sp³-hybridized carbons (Fsp3) is 0.450. The second-order valence-electron chi connectivity index (χ2n) is 7.24. The van der Waals surface area contributed by atoms with Gasteiger partial charge >= 0.3 is 0 Å². The number of nitrogens with zero attached hydrogens (tertiary/aromatic N) is 5. The van der Waals surface area contributed by atoms with Crippen LogP contribution < -0.4 is 9.80 Å². The van der Waals surface area contributed by atoms with Crippen LogP contribution in [0.15, 0.2) is 24.3 Å². The van der Waals surface area contributed by atoms with Crippen LogP contribution in [0.4, 0.5) is 16.2 Å². The average molecular weight is 404 g/mol. The molecule has 1 amide bonds. The fourth-order valence-electron chi connectivity index (χ4n) is 3.76. The Labute approximate surface area is 168 Å². The molecule has 1 aromatic carbocycles. The summed E-state index contributed by atoms with van der Waals surface area (Å²) in [6.45, 7) is 6.18. The second kappa shape index (κ2) is 7.91. The summed E-state index contributed by atoms with van der Waals surface area (Å²) in [5.74, 6) is 0.706. The van der Waals surface area contributed by atoms with Gasteiger partial charge in [-0.3, -0.25) is 4.79 Å². The molecule has 0 atom stereocenters. The Morgan fingerprint density at radius 1 is 1.04 bits per heavy atom. The largest absolute Gasteiger partial charge is 0.356 e. The molecule has 0 spiro atoms. The summed E-state index contributed by atoms with van der Waals surface area (Å²) < 4.78 is 14.1. The molecule has 0 bridgehead atoms. The lowest BCUT2D eigenvalue weighted by Crippen LogP contribution is -2.49. The molecule has 2 aliphatic rings. The van der Waals surface area contributed by atoms with Gasteiger partial charge < -0.3 is 14.7 Å². The SMILES string of the molecule is Cc1cc(N2CCCC2)nc(N2CCN(C(=O)c3c(F)cccc3Cl)CC2)n1. The number of aromatic nitrogens is 2. The van der Waals surface area contributed by atoms with Crippen LogP contribution in [0.2, 0.25) is 5.02 Å². The number of aryl methyl sites for hydroxylation is 1. The zero-order valence-electron chi connectivity index (χ0n) is 15.9. The average Bonchev–Trinajstić information content (AvgIpc) is 3.22. The van der Waals surface area contributed by atoms with Crippen molar-refractivity contribution < 1.29 is 9.18 Å². The van der Waals surface area contributed by atoms with Gasteiger partial charge in [0, 0.05) is 51.0 Å². The van der Waals surface area contributed by atoms with E-state index in [4.69, 9.17) is 16.6 Å². The number of carbonyl (C=O) groups is 1. The Hall–Kier alpha value is -2.41. The first-order chi connectivity index (χ1) is 13.5. The van der Waals surface area contributed by atoms with E-state index in [2.05, 4.69) is 14.8 Å². The van der Waals surface area contributed by atoms with Crippen LogP contribution in [0, 0.1) is 12.7 Å². The quantitative estimate of drug-likeness (QED) is 0.788. The fourth-order valence-corrected chi connectivity index (χ4v) is 4.00. The van der Waals surface area contributed by atoms with Crippen molar-refractivity contribution in [1.29, 1.82) is 0 Å². The van der Waals surface area contributed by atoms with E-state index >= 15 is 0 Å². The van der Waals surface area contributed by atoms with Crippen LogP contribution in [0.3, 0.4) is 0 Å². The molecule has 28 heavy (non-hydrogen) atoms. The van der Waals surface area contributed by atoms with Crippen LogP contribution >= 0.6 is 11.6 Å². The number of anilines is 2. The molecule has 2 fully saturated rings. The second-order valence-corrected chi connectivity index (χ2v) is 7.64. The zero-order valence-corrected chi connectivity index (χ0v) is 16.6. The summed E-state index contributed by atoms with van der Waals surface area (Å²) in [6.07, 6.45) is 2.38. The van der Waals surface area contributed by atoms with Gasteiger partial charge in [0.1, 0.15) is 11.6 Å². The Balaban J connectivity index is 1.46. The number of piperazine rings is 1. The van der Waals surface area contributed by atoms with E-state index in [1.807, 2.05) is 13.0 Å². The number of rotatable bonds is 3. The van der Waals surface area contributed by atoms with Crippen molar-refractivity contribution in [3.8, 4) is 0 Å². The number of amides is 1. The van der Waals surface area contributed by atoms with Gasteiger partial charge in [0.15, 0.2) is 0 Å². The Morgan fingerprint density at radius 2 is 1.75 bits per heavy atom. The molecule has 1 aromatic heterocycles. The maximum Gasteiger partial charge on any atom is 0.258 e. The summed E-state index contributed by atoms with van der Waals surface area (Å²) in [7, 11) is 0. The molecule has 2 aromatic rings. The molecule has 0 unspecified atom stereocenters. The van der Waals surface area contributed by atoms with Crippen molar-refractivity contribution in [2.75, 3.05) is 49.1 Å². The third-order valence-corrected chi connectivity index (χ3v) is 5.60. The summed E-state index contributed by atoms with van der Waals surface area (Å²) in [5.41, 5.74) is 0.879.